The fraction of sp³-hybridized carbons (Fsp3) is 0.900. The number of allylic oxidation sites excluding steroid dienone is 2. The van der Waals surface area contributed by atoms with Crippen LogP contribution in [0, 0.1) is 46.3 Å². The van der Waals surface area contributed by atoms with Crippen molar-refractivity contribution in [3.8, 4) is 0 Å². The molecule has 3 rings (SSSR count). The van der Waals surface area contributed by atoms with Gasteiger partial charge in [0.25, 0.3) is 0 Å². The Kier molecular flexibility index (Phi) is 10.9. The summed E-state index contributed by atoms with van der Waals surface area (Å²) < 4.78 is 0. The molecule has 3 aliphatic carbocycles. The SMILES string of the molecule is CC(C)CCCC(C)C1CCC2C3CC=CC(C)(CCC(C)SSCCN=C(N)N)C3CCC12C. The van der Waals surface area contributed by atoms with Crippen molar-refractivity contribution in [3.63, 3.8) is 0 Å². The average molecular weight is 522 g/mol. The van der Waals surface area contributed by atoms with Crippen LogP contribution in [0.5, 0.6) is 0 Å². The number of nitrogens with zero attached hydrogens (tertiary/aromatic N) is 1. The second-order valence-corrected chi connectivity index (χ2v) is 16.1. The number of guanidine groups is 1. The normalized spacial score (nSPS) is 36.0. The van der Waals surface area contributed by atoms with E-state index in [-0.39, 0.29) is 5.96 Å². The largest absolute Gasteiger partial charge is 0.370 e. The van der Waals surface area contributed by atoms with Gasteiger partial charge in [-0.2, -0.15) is 0 Å². The maximum Gasteiger partial charge on any atom is 0.185 e. The Morgan fingerprint density at radius 1 is 1.03 bits per heavy atom. The molecule has 0 amide bonds. The molecule has 2 saturated carbocycles. The van der Waals surface area contributed by atoms with Crippen LogP contribution in [0.3, 0.4) is 0 Å². The number of rotatable bonds is 13. The van der Waals surface area contributed by atoms with Crippen LogP contribution in [0.25, 0.3) is 0 Å². The summed E-state index contributed by atoms with van der Waals surface area (Å²) in [6, 6.07) is 0. The van der Waals surface area contributed by atoms with Crippen molar-refractivity contribution in [2.75, 3.05) is 12.3 Å². The first kappa shape index (κ1) is 29.3. The molecule has 2 fully saturated rings. The van der Waals surface area contributed by atoms with Crippen LogP contribution in [-0.2, 0) is 0 Å². The first-order valence-corrected chi connectivity index (χ1v) is 17.0. The zero-order chi connectivity index (χ0) is 25.6. The minimum Gasteiger partial charge on any atom is -0.370 e. The molecule has 5 heteroatoms. The number of nitrogens with two attached hydrogens (primary N) is 2. The fourth-order valence-corrected chi connectivity index (χ4v) is 10.5. The van der Waals surface area contributed by atoms with Gasteiger partial charge in [0.15, 0.2) is 5.96 Å². The molecular formula is C30H55N3S2. The van der Waals surface area contributed by atoms with E-state index in [2.05, 4.69) is 58.7 Å². The molecule has 35 heavy (non-hydrogen) atoms. The zero-order valence-corrected chi connectivity index (χ0v) is 25.2. The Morgan fingerprint density at radius 2 is 1.80 bits per heavy atom. The van der Waals surface area contributed by atoms with Crippen molar-refractivity contribution in [2.24, 2.45) is 62.8 Å². The highest BCUT2D eigenvalue weighted by atomic mass is 33.1. The van der Waals surface area contributed by atoms with Crippen LogP contribution in [0.4, 0.5) is 0 Å². The van der Waals surface area contributed by atoms with E-state index in [1.807, 2.05) is 21.6 Å². The third-order valence-electron chi connectivity index (χ3n) is 10.2. The zero-order valence-electron chi connectivity index (χ0n) is 23.6. The molecule has 0 bridgehead atoms. The van der Waals surface area contributed by atoms with E-state index in [0.717, 1.165) is 41.3 Å². The second kappa shape index (κ2) is 13.0. The Morgan fingerprint density at radius 3 is 2.51 bits per heavy atom. The average Bonchev–Trinajstić information content (AvgIpc) is 3.15. The molecular weight excluding hydrogens is 466 g/mol. The lowest BCUT2D eigenvalue weighted by Crippen LogP contribution is -2.48. The minimum atomic E-state index is 0.202. The summed E-state index contributed by atoms with van der Waals surface area (Å²) in [7, 11) is 3.93. The lowest BCUT2D eigenvalue weighted by molar-refractivity contribution is -0.0422. The van der Waals surface area contributed by atoms with Gasteiger partial charge in [0.05, 0.1) is 6.54 Å². The number of hydrogen-bond acceptors (Lipinski definition) is 3. The summed E-state index contributed by atoms with van der Waals surface area (Å²) in [6.07, 6.45) is 19.3. The number of hydrogen-bond donors (Lipinski definition) is 2. The maximum atomic E-state index is 5.43. The van der Waals surface area contributed by atoms with Crippen molar-refractivity contribution < 1.29 is 0 Å². The Bertz CT molecular complexity index is 718. The van der Waals surface area contributed by atoms with Crippen molar-refractivity contribution >= 4 is 27.5 Å². The first-order valence-electron chi connectivity index (χ1n) is 14.6. The van der Waals surface area contributed by atoms with E-state index in [4.69, 9.17) is 11.5 Å². The Balaban J connectivity index is 1.54. The van der Waals surface area contributed by atoms with Gasteiger partial charge in [-0.15, -0.1) is 0 Å². The van der Waals surface area contributed by atoms with Gasteiger partial charge in [0.2, 0.25) is 0 Å². The van der Waals surface area contributed by atoms with E-state index < -0.39 is 0 Å². The highest BCUT2D eigenvalue weighted by Gasteiger charge is 2.57. The van der Waals surface area contributed by atoms with Gasteiger partial charge in [0, 0.05) is 11.0 Å². The van der Waals surface area contributed by atoms with Crippen molar-refractivity contribution in [2.45, 2.75) is 111 Å². The molecule has 0 spiro atoms. The summed E-state index contributed by atoms with van der Waals surface area (Å²) in [4.78, 5) is 4.10. The lowest BCUT2D eigenvalue weighted by atomic mass is 9.49. The van der Waals surface area contributed by atoms with Gasteiger partial charge in [-0.3, -0.25) is 4.99 Å². The summed E-state index contributed by atoms with van der Waals surface area (Å²) in [6.45, 7) is 15.7. The highest BCUT2D eigenvalue weighted by Crippen LogP contribution is 2.65. The molecule has 0 aliphatic heterocycles. The molecule has 0 aromatic rings. The summed E-state index contributed by atoms with van der Waals surface area (Å²) >= 11 is 0. The predicted molar refractivity (Wildman–Crippen MR) is 160 cm³/mol. The quantitative estimate of drug-likeness (QED) is 0.0841. The van der Waals surface area contributed by atoms with E-state index >= 15 is 0 Å². The van der Waals surface area contributed by atoms with Gasteiger partial charge >= 0.3 is 0 Å². The van der Waals surface area contributed by atoms with Crippen LogP contribution < -0.4 is 11.5 Å². The van der Waals surface area contributed by atoms with Crippen LogP contribution in [0.2, 0.25) is 0 Å². The molecule has 8 unspecified atom stereocenters. The van der Waals surface area contributed by atoms with Crippen LogP contribution in [0.15, 0.2) is 17.1 Å². The lowest BCUT2D eigenvalue weighted by Gasteiger charge is -2.55. The molecule has 0 aromatic carbocycles. The van der Waals surface area contributed by atoms with Crippen LogP contribution in [0.1, 0.15) is 106 Å². The second-order valence-electron chi connectivity index (χ2n) is 13.1. The fourth-order valence-electron chi connectivity index (χ4n) is 8.28. The van der Waals surface area contributed by atoms with Crippen LogP contribution >= 0.6 is 21.6 Å². The Labute approximate surface area is 225 Å². The summed E-state index contributed by atoms with van der Waals surface area (Å²) in [5, 5.41) is 0.668. The monoisotopic (exact) mass is 521 g/mol. The van der Waals surface area contributed by atoms with E-state index in [1.165, 1.54) is 64.2 Å². The predicted octanol–water partition coefficient (Wildman–Crippen LogP) is 8.30. The standard InChI is InChI=1S/C30H55N3S2/c1-21(2)9-7-10-22(3)25-12-13-27-24-11-8-16-29(5,26(24)15-18-30(25,27)6)17-14-23(4)35-34-20-19-33-28(31)32/h8,16,21-27H,7,9-15,17-20H2,1-6H3,(H4,31,32,33). The van der Waals surface area contributed by atoms with Crippen molar-refractivity contribution in [3.05, 3.63) is 12.2 Å². The maximum absolute atomic E-state index is 5.43. The number of fused-ring (bicyclic) bond motifs is 3. The van der Waals surface area contributed by atoms with Gasteiger partial charge < -0.3 is 11.5 Å². The molecule has 3 aliphatic rings. The molecule has 8 atom stereocenters. The van der Waals surface area contributed by atoms with Gasteiger partial charge in [-0.25, -0.2) is 0 Å². The smallest absolute Gasteiger partial charge is 0.185 e. The van der Waals surface area contributed by atoms with Crippen molar-refractivity contribution in [1.82, 2.24) is 0 Å². The van der Waals surface area contributed by atoms with E-state index in [1.54, 1.807) is 0 Å². The Hall–Kier alpha value is -0.290. The van der Waals surface area contributed by atoms with Gasteiger partial charge in [0.1, 0.15) is 0 Å². The highest BCUT2D eigenvalue weighted by molar-refractivity contribution is 8.76. The molecule has 0 radical (unpaired) electrons. The van der Waals surface area contributed by atoms with Crippen molar-refractivity contribution in [1.29, 1.82) is 0 Å². The van der Waals surface area contributed by atoms with Crippen LogP contribution in [-0.4, -0.2) is 23.5 Å². The molecule has 0 heterocycles. The molecule has 4 N–H and O–H groups in total. The molecule has 0 saturated heterocycles. The first-order chi connectivity index (χ1) is 16.6. The third kappa shape index (κ3) is 7.39. The topological polar surface area (TPSA) is 64.4 Å². The van der Waals surface area contributed by atoms with Gasteiger partial charge in [-0.1, -0.05) is 94.5 Å². The third-order valence-corrected chi connectivity index (χ3v) is 13.1. The molecule has 3 nitrogen and oxygen atoms in total. The van der Waals surface area contributed by atoms with E-state index in [9.17, 15) is 0 Å². The number of aliphatic imine (C=N–C) groups is 1. The minimum absolute atomic E-state index is 0.202. The molecule has 202 valence electrons. The summed E-state index contributed by atoms with van der Waals surface area (Å²) in [5.74, 6) is 6.61. The molecule has 0 aromatic heterocycles. The van der Waals surface area contributed by atoms with E-state index in [0.29, 0.717) is 22.6 Å². The summed E-state index contributed by atoms with van der Waals surface area (Å²) in [5.41, 5.74) is 11.8. The van der Waals surface area contributed by atoms with Gasteiger partial charge in [-0.05, 0) is 91.3 Å².